The molecule has 118 valence electrons. The number of hydrogen-bond acceptors (Lipinski definition) is 3. The molecule has 0 unspecified atom stereocenters. The molecule has 5 nitrogen and oxygen atoms in total. The summed E-state index contributed by atoms with van der Waals surface area (Å²) in [6.07, 6.45) is 1.24. The molecule has 2 rings (SSSR count). The first-order chi connectivity index (χ1) is 11.0. The van der Waals surface area contributed by atoms with E-state index in [2.05, 4.69) is 10.4 Å². The zero-order chi connectivity index (χ0) is 16.8. The van der Waals surface area contributed by atoms with Gasteiger partial charge < -0.3 is 5.32 Å². The number of hydrogen-bond donors (Lipinski definition) is 2. The number of amides is 2. The highest BCUT2D eigenvalue weighted by molar-refractivity contribution is 6.43. The Morgan fingerprint density at radius 2 is 1.78 bits per heavy atom. The molecule has 0 saturated heterocycles. The molecular weight excluding hydrogens is 344 g/mol. The van der Waals surface area contributed by atoms with Gasteiger partial charge in [-0.2, -0.15) is 5.10 Å². The van der Waals surface area contributed by atoms with Crippen LogP contribution in [0.2, 0.25) is 10.0 Å². The number of carbonyl (C=O) groups excluding carboxylic acids is 2. The summed E-state index contributed by atoms with van der Waals surface area (Å²) < 4.78 is 13.4. The SMILES string of the molecule is O=C(NN=Cc1cccc(Cl)c1Cl)C(=O)Nc1ccccc1F. The average Bonchev–Trinajstić information content (AvgIpc) is 2.53. The number of anilines is 1. The van der Waals surface area contributed by atoms with Crippen molar-refractivity contribution in [1.82, 2.24) is 5.43 Å². The predicted molar refractivity (Wildman–Crippen MR) is 87.2 cm³/mol. The largest absolute Gasteiger partial charge is 0.329 e. The van der Waals surface area contributed by atoms with E-state index in [1.807, 2.05) is 5.43 Å². The third-order valence-electron chi connectivity index (χ3n) is 2.68. The monoisotopic (exact) mass is 353 g/mol. The Bertz CT molecular complexity index is 781. The molecule has 0 aliphatic carbocycles. The van der Waals surface area contributed by atoms with E-state index in [0.29, 0.717) is 10.6 Å². The topological polar surface area (TPSA) is 70.6 Å². The van der Waals surface area contributed by atoms with Crippen LogP contribution in [0.5, 0.6) is 0 Å². The lowest BCUT2D eigenvalue weighted by Gasteiger charge is -2.04. The smallest absolute Gasteiger partial charge is 0.315 e. The van der Waals surface area contributed by atoms with E-state index in [1.54, 1.807) is 18.2 Å². The normalized spacial score (nSPS) is 10.6. The zero-order valence-electron chi connectivity index (χ0n) is 11.5. The van der Waals surface area contributed by atoms with Gasteiger partial charge in [0.05, 0.1) is 21.9 Å². The fraction of sp³-hybridized carbons (Fsp3) is 0. The van der Waals surface area contributed by atoms with Gasteiger partial charge in [-0.3, -0.25) is 9.59 Å². The van der Waals surface area contributed by atoms with E-state index in [9.17, 15) is 14.0 Å². The summed E-state index contributed by atoms with van der Waals surface area (Å²) in [5.41, 5.74) is 2.38. The van der Waals surface area contributed by atoms with Crippen molar-refractivity contribution in [3.8, 4) is 0 Å². The first-order valence-corrected chi connectivity index (χ1v) is 7.07. The van der Waals surface area contributed by atoms with E-state index >= 15 is 0 Å². The second-order valence-electron chi connectivity index (χ2n) is 4.28. The van der Waals surface area contributed by atoms with Crippen LogP contribution in [0.25, 0.3) is 0 Å². The highest BCUT2D eigenvalue weighted by Gasteiger charge is 2.14. The standard InChI is InChI=1S/C15H10Cl2FN3O2/c16-10-5-3-4-9(13(10)17)8-19-21-15(23)14(22)20-12-7-2-1-6-11(12)18/h1-8H,(H,20,22)(H,21,23). The second kappa shape index (κ2) is 7.71. The van der Waals surface area contributed by atoms with Crippen LogP contribution in [0.3, 0.4) is 0 Å². The molecule has 2 N–H and O–H groups in total. The third-order valence-corrected chi connectivity index (χ3v) is 3.51. The highest BCUT2D eigenvalue weighted by atomic mass is 35.5. The molecule has 0 heterocycles. The Morgan fingerprint density at radius 1 is 1.04 bits per heavy atom. The van der Waals surface area contributed by atoms with E-state index in [0.717, 1.165) is 6.07 Å². The van der Waals surface area contributed by atoms with Crippen molar-refractivity contribution in [2.45, 2.75) is 0 Å². The van der Waals surface area contributed by atoms with Gasteiger partial charge in [-0.15, -0.1) is 0 Å². The van der Waals surface area contributed by atoms with Crippen LogP contribution < -0.4 is 10.7 Å². The van der Waals surface area contributed by atoms with Crippen LogP contribution in [0.4, 0.5) is 10.1 Å². The molecular formula is C15H10Cl2FN3O2. The quantitative estimate of drug-likeness (QED) is 0.505. The number of nitrogens with one attached hydrogen (secondary N) is 2. The minimum absolute atomic E-state index is 0.102. The molecule has 0 aliphatic rings. The van der Waals surface area contributed by atoms with Crippen LogP contribution in [-0.4, -0.2) is 18.0 Å². The van der Waals surface area contributed by atoms with Gasteiger partial charge in [0.2, 0.25) is 0 Å². The maximum absolute atomic E-state index is 13.4. The van der Waals surface area contributed by atoms with Gasteiger partial charge in [-0.05, 0) is 18.2 Å². The number of carbonyl (C=O) groups is 2. The van der Waals surface area contributed by atoms with Crippen LogP contribution >= 0.6 is 23.2 Å². The van der Waals surface area contributed by atoms with Crippen molar-refractivity contribution in [1.29, 1.82) is 0 Å². The molecule has 0 bridgehead atoms. The average molecular weight is 354 g/mol. The number of benzene rings is 2. The summed E-state index contributed by atoms with van der Waals surface area (Å²) in [5, 5.41) is 6.34. The Balaban J connectivity index is 1.96. The summed E-state index contributed by atoms with van der Waals surface area (Å²) in [4.78, 5) is 23.2. The molecule has 0 atom stereocenters. The van der Waals surface area contributed by atoms with Gasteiger partial charge >= 0.3 is 11.8 Å². The fourth-order valence-corrected chi connectivity index (χ4v) is 1.93. The molecule has 0 radical (unpaired) electrons. The second-order valence-corrected chi connectivity index (χ2v) is 5.06. The lowest BCUT2D eigenvalue weighted by Crippen LogP contribution is -2.32. The molecule has 8 heteroatoms. The summed E-state index contributed by atoms with van der Waals surface area (Å²) in [7, 11) is 0. The Labute approximate surface area is 141 Å². The molecule has 0 saturated carbocycles. The maximum atomic E-state index is 13.4. The predicted octanol–water partition coefficient (Wildman–Crippen LogP) is 3.22. The van der Waals surface area contributed by atoms with Crippen molar-refractivity contribution < 1.29 is 14.0 Å². The minimum Gasteiger partial charge on any atom is -0.315 e. The number of para-hydroxylation sites is 1. The molecule has 0 fully saturated rings. The summed E-state index contributed by atoms with van der Waals surface area (Å²) in [6, 6.07) is 10.4. The van der Waals surface area contributed by atoms with Gasteiger partial charge in [0.15, 0.2) is 0 Å². The summed E-state index contributed by atoms with van der Waals surface area (Å²) in [5.74, 6) is -2.75. The molecule has 2 amide bonds. The fourth-order valence-electron chi connectivity index (χ4n) is 1.57. The Hall–Kier alpha value is -2.44. The van der Waals surface area contributed by atoms with Crippen molar-refractivity contribution in [3.05, 3.63) is 63.9 Å². The third kappa shape index (κ3) is 4.51. The lowest BCUT2D eigenvalue weighted by atomic mass is 10.2. The molecule has 0 spiro atoms. The maximum Gasteiger partial charge on any atom is 0.329 e. The van der Waals surface area contributed by atoms with E-state index in [4.69, 9.17) is 23.2 Å². The van der Waals surface area contributed by atoms with Gasteiger partial charge in [0.25, 0.3) is 0 Å². The Kier molecular flexibility index (Phi) is 5.67. The minimum atomic E-state index is -1.05. The van der Waals surface area contributed by atoms with Crippen molar-refractivity contribution in [3.63, 3.8) is 0 Å². The van der Waals surface area contributed by atoms with Gasteiger partial charge in [0, 0.05) is 5.56 Å². The number of halogens is 3. The molecule has 2 aromatic carbocycles. The zero-order valence-corrected chi connectivity index (χ0v) is 13.0. The first-order valence-electron chi connectivity index (χ1n) is 6.32. The van der Waals surface area contributed by atoms with Crippen molar-refractivity contribution >= 4 is 46.9 Å². The van der Waals surface area contributed by atoms with Gasteiger partial charge in [-0.25, -0.2) is 9.82 Å². The van der Waals surface area contributed by atoms with E-state index in [1.165, 1.54) is 24.4 Å². The van der Waals surface area contributed by atoms with Crippen LogP contribution in [0, 0.1) is 5.82 Å². The van der Waals surface area contributed by atoms with Gasteiger partial charge in [0.1, 0.15) is 5.82 Å². The van der Waals surface area contributed by atoms with Crippen LogP contribution in [0.15, 0.2) is 47.6 Å². The number of rotatable bonds is 3. The summed E-state index contributed by atoms with van der Waals surface area (Å²) in [6.45, 7) is 0. The molecule has 0 aromatic heterocycles. The highest BCUT2D eigenvalue weighted by Crippen LogP contribution is 2.24. The summed E-state index contributed by atoms with van der Waals surface area (Å²) >= 11 is 11.8. The first kappa shape index (κ1) is 16.9. The van der Waals surface area contributed by atoms with E-state index < -0.39 is 17.6 Å². The Morgan fingerprint density at radius 3 is 2.52 bits per heavy atom. The van der Waals surface area contributed by atoms with E-state index in [-0.39, 0.29) is 10.7 Å². The number of nitrogens with zero attached hydrogens (tertiary/aromatic N) is 1. The van der Waals surface area contributed by atoms with Crippen molar-refractivity contribution in [2.75, 3.05) is 5.32 Å². The van der Waals surface area contributed by atoms with Crippen molar-refractivity contribution in [2.24, 2.45) is 5.10 Å². The molecule has 23 heavy (non-hydrogen) atoms. The number of hydrazone groups is 1. The molecule has 0 aliphatic heterocycles. The van der Waals surface area contributed by atoms with Gasteiger partial charge in [-0.1, -0.05) is 47.5 Å². The molecule has 2 aromatic rings. The lowest BCUT2D eigenvalue weighted by molar-refractivity contribution is -0.136. The van der Waals surface area contributed by atoms with Crippen LogP contribution in [0.1, 0.15) is 5.56 Å². The van der Waals surface area contributed by atoms with Crippen LogP contribution in [-0.2, 0) is 9.59 Å².